The number of rotatable bonds is 3. The highest BCUT2D eigenvalue weighted by molar-refractivity contribution is 6.31. The summed E-state index contributed by atoms with van der Waals surface area (Å²) in [6, 6.07) is 9.51. The first-order chi connectivity index (χ1) is 13.0. The smallest absolute Gasteiger partial charge is 0.252 e. The Kier molecular flexibility index (Phi) is 4.80. The number of hydrogen-bond donors (Lipinski definition) is 1. The van der Waals surface area contributed by atoms with Crippen LogP contribution in [0.25, 0.3) is 5.78 Å². The van der Waals surface area contributed by atoms with E-state index in [1.165, 1.54) is 0 Å². The number of aromatic nitrogens is 4. The van der Waals surface area contributed by atoms with Crippen LogP contribution in [0.3, 0.4) is 0 Å². The molecule has 1 fully saturated rings. The van der Waals surface area contributed by atoms with E-state index in [2.05, 4.69) is 20.4 Å². The van der Waals surface area contributed by atoms with Gasteiger partial charge in [-0.25, -0.2) is 9.50 Å². The molecule has 1 saturated heterocycles. The van der Waals surface area contributed by atoms with Gasteiger partial charge in [-0.15, -0.1) is 5.10 Å². The van der Waals surface area contributed by atoms with Gasteiger partial charge in [0.2, 0.25) is 5.91 Å². The Balaban J connectivity index is 1.59. The van der Waals surface area contributed by atoms with Gasteiger partial charge in [0.05, 0.1) is 12.5 Å². The second-order valence-electron chi connectivity index (χ2n) is 6.78. The van der Waals surface area contributed by atoms with Gasteiger partial charge in [-0.05, 0) is 31.5 Å². The van der Waals surface area contributed by atoms with Gasteiger partial charge in [-0.1, -0.05) is 29.8 Å². The summed E-state index contributed by atoms with van der Waals surface area (Å²) in [6.45, 7) is 5.92. The lowest BCUT2D eigenvalue weighted by atomic mass is 10.0. The maximum atomic E-state index is 13.0. The van der Waals surface area contributed by atoms with Crippen molar-refractivity contribution >= 4 is 23.3 Å². The Labute approximate surface area is 162 Å². The normalized spacial score (nSPS) is 17.4. The molecule has 0 bridgehead atoms. The lowest BCUT2D eigenvalue weighted by Crippen LogP contribution is -2.49. The molecular weight excluding hydrogens is 364 g/mol. The molecule has 1 aliphatic rings. The number of nitrogens with zero attached hydrogens (tertiary/aromatic N) is 5. The summed E-state index contributed by atoms with van der Waals surface area (Å²) in [5, 5.41) is 8.48. The fraction of sp³-hybridized carbons (Fsp3) is 0.368. The van der Waals surface area contributed by atoms with Crippen molar-refractivity contribution in [2.75, 3.05) is 19.6 Å². The first-order valence-electron chi connectivity index (χ1n) is 8.97. The van der Waals surface area contributed by atoms with Crippen molar-refractivity contribution in [2.45, 2.75) is 26.3 Å². The summed E-state index contributed by atoms with van der Waals surface area (Å²) < 4.78 is 1.68. The van der Waals surface area contributed by atoms with Crippen molar-refractivity contribution in [1.82, 2.24) is 29.8 Å². The van der Waals surface area contributed by atoms with Crippen LogP contribution in [-0.4, -0.2) is 50.0 Å². The number of piperazine rings is 1. The molecule has 3 aromatic rings. The molecule has 4 rings (SSSR count). The predicted molar refractivity (Wildman–Crippen MR) is 103 cm³/mol. The highest BCUT2D eigenvalue weighted by Crippen LogP contribution is 2.28. The van der Waals surface area contributed by atoms with Crippen LogP contribution in [0.5, 0.6) is 0 Å². The number of aryl methyl sites for hydroxylation is 2. The van der Waals surface area contributed by atoms with E-state index in [1.54, 1.807) is 4.52 Å². The molecule has 7 nitrogen and oxygen atoms in total. The van der Waals surface area contributed by atoms with Crippen LogP contribution < -0.4 is 5.32 Å². The third-order valence-corrected chi connectivity index (χ3v) is 5.14. The van der Waals surface area contributed by atoms with Crippen LogP contribution >= 0.6 is 11.6 Å². The van der Waals surface area contributed by atoms with Crippen LogP contribution in [-0.2, 0) is 11.2 Å². The van der Waals surface area contributed by atoms with Gasteiger partial charge in [-0.2, -0.15) is 4.98 Å². The minimum atomic E-state index is -0.0981. The summed E-state index contributed by atoms with van der Waals surface area (Å²) in [4.78, 5) is 23.7. The first kappa shape index (κ1) is 17.9. The van der Waals surface area contributed by atoms with Crippen molar-refractivity contribution in [3.8, 4) is 0 Å². The maximum absolute atomic E-state index is 13.0. The third kappa shape index (κ3) is 3.52. The van der Waals surface area contributed by atoms with Crippen LogP contribution in [0.1, 0.15) is 28.8 Å². The number of amides is 1. The molecule has 0 spiro atoms. The summed E-state index contributed by atoms with van der Waals surface area (Å²) in [7, 11) is 0. The lowest BCUT2D eigenvalue weighted by Gasteiger charge is -2.36. The van der Waals surface area contributed by atoms with Crippen molar-refractivity contribution in [1.29, 1.82) is 0 Å². The second-order valence-corrected chi connectivity index (χ2v) is 7.19. The van der Waals surface area contributed by atoms with E-state index in [9.17, 15) is 4.79 Å². The molecule has 1 amide bonds. The summed E-state index contributed by atoms with van der Waals surface area (Å²) >= 11 is 6.37. The second kappa shape index (κ2) is 7.25. The molecule has 0 aliphatic carbocycles. The van der Waals surface area contributed by atoms with E-state index < -0.39 is 0 Å². The molecule has 3 heterocycles. The van der Waals surface area contributed by atoms with E-state index in [4.69, 9.17) is 11.6 Å². The predicted octanol–water partition coefficient (Wildman–Crippen LogP) is 2.11. The van der Waals surface area contributed by atoms with Crippen LogP contribution in [0.4, 0.5) is 0 Å². The van der Waals surface area contributed by atoms with Crippen molar-refractivity contribution < 1.29 is 4.79 Å². The zero-order valence-corrected chi connectivity index (χ0v) is 16.1. The number of carbonyl (C=O) groups excluding carboxylic acids is 1. The maximum Gasteiger partial charge on any atom is 0.252 e. The number of nitrogens with one attached hydrogen (secondary N) is 1. The van der Waals surface area contributed by atoms with E-state index in [-0.39, 0.29) is 18.4 Å². The molecule has 1 aliphatic heterocycles. The van der Waals surface area contributed by atoms with Gasteiger partial charge in [0, 0.05) is 36.0 Å². The zero-order valence-electron chi connectivity index (χ0n) is 15.3. The SMILES string of the molecule is Cc1cc(C)n2nc(CC(=O)N3CCNCC3c3ccccc3Cl)nc2n1. The van der Waals surface area contributed by atoms with Gasteiger partial charge in [-0.3, -0.25) is 4.79 Å². The molecule has 1 N–H and O–H groups in total. The van der Waals surface area contributed by atoms with Crippen molar-refractivity contribution in [3.63, 3.8) is 0 Å². The molecule has 2 aromatic heterocycles. The van der Waals surface area contributed by atoms with Crippen LogP contribution in [0.15, 0.2) is 30.3 Å². The van der Waals surface area contributed by atoms with E-state index in [0.717, 1.165) is 23.5 Å². The van der Waals surface area contributed by atoms with Crippen molar-refractivity contribution in [2.24, 2.45) is 0 Å². The molecule has 140 valence electrons. The molecule has 8 heteroatoms. The molecule has 1 aromatic carbocycles. The number of halogens is 1. The Morgan fingerprint density at radius 3 is 2.93 bits per heavy atom. The summed E-state index contributed by atoms with van der Waals surface area (Å²) in [5.74, 6) is 1.00. The monoisotopic (exact) mass is 384 g/mol. The molecule has 0 radical (unpaired) electrons. The summed E-state index contributed by atoms with van der Waals surface area (Å²) in [6.07, 6.45) is 0.142. The largest absolute Gasteiger partial charge is 0.333 e. The van der Waals surface area contributed by atoms with Gasteiger partial charge in [0.25, 0.3) is 5.78 Å². The molecule has 1 atom stereocenters. The fourth-order valence-corrected chi connectivity index (χ4v) is 3.81. The molecular formula is C19H21ClN6O. The van der Waals surface area contributed by atoms with Crippen LogP contribution in [0.2, 0.25) is 5.02 Å². The van der Waals surface area contributed by atoms with E-state index >= 15 is 0 Å². The minimum Gasteiger partial charge on any atom is -0.333 e. The highest BCUT2D eigenvalue weighted by atomic mass is 35.5. The standard InChI is InChI=1S/C19H21ClN6O/c1-12-9-13(2)26-19(22-12)23-17(24-26)10-18(27)25-8-7-21-11-16(25)14-5-3-4-6-15(14)20/h3-6,9,16,21H,7-8,10-11H2,1-2H3. The summed E-state index contributed by atoms with van der Waals surface area (Å²) in [5.41, 5.74) is 2.78. The average Bonchev–Trinajstić information content (AvgIpc) is 3.05. The number of hydrogen-bond acceptors (Lipinski definition) is 5. The minimum absolute atomic E-state index is 0.00768. The van der Waals surface area contributed by atoms with Gasteiger partial charge in [0.15, 0.2) is 5.82 Å². The third-order valence-electron chi connectivity index (χ3n) is 4.80. The van der Waals surface area contributed by atoms with Crippen LogP contribution in [0, 0.1) is 13.8 Å². The number of carbonyl (C=O) groups is 1. The number of fused-ring (bicyclic) bond motifs is 1. The Hall–Kier alpha value is -2.51. The molecule has 0 saturated carbocycles. The van der Waals surface area contributed by atoms with Crippen molar-refractivity contribution in [3.05, 3.63) is 58.1 Å². The first-order valence-corrected chi connectivity index (χ1v) is 9.35. The zero-order chi connectivity index (χ0) is 19.0. The van der Waals surface area contributed by atoms with Gasteiger partial charge < -0.3 is 10.2 Å². The van der Waals surface area contributed by atoms with E-state index in [0.29, 0.717) is 29.7 Å². The van der Waals surface area contributed by atoms with E-state index in [1.807, 2.05) is 49.1 Å². The number of benzene rings is 1. The fourth-order valence-electron chi connectivity index (χ4n) is 3.55. The quantitative estimate of drug-likeness (QED) is 0.748. The lowest BCUT2D eigenvalue weighted by molar-refractivity contribution is -0.133. The topological polar surface area (TPSA) is 75.4 Å². The van der Waals surface area contributed by atoms with Gasteiger partial charge >= 0.3 is 0 Å². The van der Waals surface area contributed by atoms with Gasteiger partial charge in [0.1, 0.15) is 0 Å². The Morgan fingerprint density at radius 2 is 2.11 bits per heavy atom. The highest BCUT2D eigenvalue weighted by Gasteiger charge is 2.29. The molecule has 1 unspecified atom stereocenters. The Morgan fingerprint density at radius 1 is 1.30 bits per heavy atom. The molecule has 27 heavy (non-hydrogen) atoms. The average molecular weight is 385 g/mol. The Bertz CT molecular complexity index is 1000.